The summed E-state index contributed by atoms with van der Waals surface area (Å²) < 4.78 is 0. The zero-order chi connectivity index (χ0) is 45.4. The minimum Gasteiger partial charge on any atom is -0.311 e. The van der Waals surface area contributed by atoms with E-state index >= 15 is 0 Å². The predicted molar refractivity (Wildman–Crippen MR) is 276 cm³/mol. The summed E-state index contributed by atoms with van der Waals surface area (Å²) in [7, 11) is 0. The van der Waals surface area contributed by atoms with E-state index in [4.69, 9.17) is 0 Å². The minimum absolute atomic E-state index is 0.00450. The highest BCUT2D eigenvalue weighted by molar-refractivity contribution is 7.00. The van der Waals surface area contributed by atoms with Crippen LogP contribution in [0.4, 0.5) is 34.1 Å². The predicted octanol–water partition coefficient (Wildman–Crippen LogP) is 15.4. The fourth-order valence-corrected chi connectivity index (χ4v) is 11.5. The summed E-state index contributed by atoms with van der Waals surface area (Å²) in [6, 6.07) is 35.4. The van der Waals surface area contributed by atoms with Crippen molar-refractivity contribution in [2.45, 2.75) is 194 Å². The van der Waals surface area contributed by atoms with Crippen molar-refractivity contribution in [3.05, 3.63) is 124 Å². The second-order valence-electron chi connectivity index (χ2n) is 25.7. The summed E-state index contributed by atoms with van der Waals surface area (Å²) in [5, 5.41) is 0. The lowest BCUT2D eigenvalue weighted by Crippen LogP contribution is -2.61. The molecule has 0 saturated heterocycles. The third-order valence-electron chi connectivity index (χ3n) is 15.9. The fourth-order valence-electron chi connectivity index (χ4n) is 11.5. The second-order valence-corrected chi connectivity index (χ2v) is 25.7. The van der Waals surface area contributed by atoms with E-state index < -0.39 is 0 Å². The van der Waals surface area contributed by atoms with Crippen molar-refractivity contribution in [2.75, 3.05) is 9.80 Å². The van der Waals surface area contributed by atoms with Gasteiger partial charge in [0.15, 0.2) is 0 Å². The van der Waals surface area contributed by atoms with E-state index in [0.717, 1.165) is 0 Å². The Morgan fingerprint density at radius 3 is 1.33 bits per heavy atom. The lowest BCUT2D eigenvalue weighted by molar-refractivity contribution is 0.332. The van der Waals surface area contributed by atoms with Gasteiger partial charge in [-0.05, 0) is 168 Å². The summed E-state index contributed by atoms with van der Waals surface area (Å²) in [5.74, 6) is 0.612. The Kier molecular flexibility index (Phi) is 10.2. The Morgan fingerprint density at radius 1 is 0.460 bits per heavy atom. The molecule has 5 aromatic rings. The maximum absolute atomic E-state index is 2.70. The molecule has 0 N–H and O–H groups in total. The standard InChI is InChI=1S/C60H77BN2/c1-55(2,3)40-30-41(56(4,5)6)33-44(32-40)62-50-23-20-24-51-54(50)61(48-26-25-39(29-52(48)62)38-21-18-17-19-22-38)49-36-46-47(60(15,16)28-27-59(46,13)14)37-53(49)63(51)45-34-42(57(7,8)9)31-43(35-45)58(10,11)12/h20,23-26,29-38H,17-19,21-22,27-28H2,1-16H3. The summed E-state index contributed by atoms with van der Waals surface area (Å²) in [6.07, 6.45) is 8.98. The molecule has 9 rings (SSSR count). The maximum atomic E-state index is 2.70. The third-order valence-corrected chi connectivity index (χ3v) is 15.9. The molecule has 0 amide bonds. The van der Waals surface area contributed by atoms with Crippen LogP contribution in [-0.4, -0.2) is 6.71 Å². The van der Waals surface area contributed by atoms with Crippen LogP contribution in [0.15, 0.2) is 84.9 Å². The molecule has 2 aliphatic carbocycles. The van der Waals surface area contributed by atoms with Gasteiger partial charge in [-0.25, -0.2) is 0 Å². The van der Waals surface area contributed by atoms with Gasteiger partial charge < -0.3 is 9.80 Å². The summed E-state index contributed by atoms with van der Waals surface area (Å²) in [5.41, 5.74) is 22.4. The van der Waals surface area contributed by atoms with E-state index in [-0.39, 0.29) is 39.2 Å². The van der Waals surface area contributed by atoms with Gasteiger partial charge in [-0.1, -0.05) is 166 Å². The van der Waals surface area contributed by atoms with E-state index in [1.165, 1.54) is 134 Å². The lowest BCUT2D eigenvalue weighted by Gasteiger charge is -2.47. The van der Waals surface area contributed by atoms with Gasteiger partial charge in [0.25, 0.3) is 6.71 Å². The largest absolute Gasteiger partial charge is 0.311 e. The monoisotopic (exact) mass is 837 g/mol. The topological polar surface area (TPSA) is 6.48 Å². The van der Waals surface area contributed by atoms with Gasteiger partial charge in [0.2, 0.25) is 0 Å². The van der Waals surface area contributed by atoms with Gasteiger partial charge in [0.05, 0.1) is 0 Å². The Balaban J connectivity index is 1.41. The number of anilines is 6. The number of fused-ring (bicyclic) bond motifs is 5. The molecule has 0 spiro atoms. The van der Waals surface area contributed by atoms with Crippen LogP contribution in [0.5, 0.6) is 0 Å². The summed E-state index contributed by atoms with van der Waals surface area (Å²) >= 11 is 0. The van der Waals surface area contributed by atoms with Crippen LogP contribution >= 0.6 is 0 Å². The molecule has 5 aromatic carbocycles. The van der Waals surface area contributed by atoms with Gasteiger partial charge in [-0.3, -0.25) is 0 Å². The Morgan fingerprint density at radius 2 is 0.889 bits per heavy atom. The number of hydrogen-bond acceptors (Lipinski definition) is 2. The summed E-state index contributed by atoms with van der Waals surface area (Å²) in [4.78, 5) is 5.39. The van der Waals surface area contributed by atoms with E-state index in [0.29, 0.717) is 5.92 Å². The van der Waals surface area contributed by atoms with Crippen LogP contribution in [0.25, 0.3) is 0 Å². The molecule has 2 heterocycles. The molecular formula is C60H77BN2. The molecule has 0 aromatic heterocycles. The third kappa shape index (κ3) is 7.60. The average molecular weight is 837 g/mol. The zero-order valence-corrected chi connectivity index (χ0v) is 42.1. The molecule has 1 saturated carbocycles. The Labute approximate surface area is 383 Å². The minimum atomic E-state index is -0.0102. The first-order valence-electron chi connectivity index (χ1n) is 24.6. The summed E-state index contributed by atoms with van der Waals surface area (Å²) in [6.45, 7) is 38.6. The molecule has 2 nitrogen and oxygen atoms in total. The van der Waals surface area contributed by atoms with Crippen molar-refractivity contribution >= 4 is 57.2 Å². The molecule has 330 valence electrons. The fraction of sp³-hybridized carbons (Fsp3) is 0.500. The lowest BCUT2D eigenvalue weighted by atomic mass is 9.33. The van der Waals surface area contributed by atoms with Crippen LogP contribution in [0, 0.1) is 0 Å². The van der Waals surface area contributed by atoms with Crippen molar-refractivity contribution in [1.82, 2.24) is 0 Å². The molecule has 1 fully saturated rings. The van der Waals surface area contributed by atoms with Gasteiger partial charge in [-0.15, -0.1) is 0 Å². The van der Waals surface area contributed by atoms with Gasteiger partial charge in [0.1, 0.15) is 0 Å². The molecule has 3 heteroatoms. The highest BCUT2D eigenvalue weighted by Crippen LogP contribution is 2.51. The Hall–Kier alpha value is -4.24. The second kappa shape index (κ2) is 14.6. The highest BCUT2D eigenvalue weighted by Gasteiger charge is 2.47. The molecular weight excluding hydrogens is 759 g/mol. The number of rotatable bonds is 3. The van der Waals surface area contributed by atoms with Gasteiger partial charge >= 0.3 is 0 Å². The molecule has 2 aliphatic heterocycles. The smallest absolute Gasteiger partial charge is 0.252 e. The zero-order valence-electron chi connectivity index (χ0n) is 42.1. The van der Waals surface area contributed by atoms with Gasteiger partial charge in [-0.2, -0.15) is 0 Å². The van der Waals surface area contributed by atoms with Crippen LogP contribution in [0.3, 0.4) is 0 Å². The molecule has 4 aliphatic rings. The van der Waals surface area contributed by atoms with Crippen molar-refractivity contribution < 1.29 is 0 Å². The van der Waals surface area contributed by atoms with E-state index in [1.807, 2.05) is 0 Å². The first-order valence-corrected chi connectivity index (χ1v) is 24.6. The molecule has 63 heavy (non-hydrogen) atoms. The molecule has 0 unspecified atom stereocenters. The average Bonchev–Trinajstić information content (AvgIpc) is 3.20. The van der Waals surface area contributed by atoms with Crippen LogP contribution in [-0.2, 0) is 32.5 Å². The maximum Gasteiger partial charge on any atom is 0.252 e. The van der Waals surface area contributed by atoms with Crippen LogP contribution in [0.1, 0.15) is 201 Å². The van der Waals surface area contributed by atoms with E-state index in [9.17, 15) is 0 Å². The van der Waals surface area contributed by atoms with Crippen molar-refractivity contribution in [1.29, 1.82) is 0 Å². The Bertz CT molecular complexity index is 2540. The van der Waals surface area contributed by atoms with E-state index in [1.54, 1.807) is 0 Å². The highest BCUT2D eigenvalue weighted by atomic mass is 15.2. The SMILES string of the molecule is CC(C)(C)c1cc(N2c3cc(C4CCCCC4)ccc3B3c4cc5c(cc4N(c4cc(C(C)(C)C)cc(C(C)(C)C)c4)c4cccc2c43)C(C)(C)CCC5(C)C)cc(C(C)(C)C)c1. The van der Waals surface area contributed by atoms with Crippen LogP contribution < -0.4 is 26.2 Å². The van der Waals surface area contributed by atoms with Crippen molar-refractivity contribution in [3.63, 3.8) is 0 Å². The normalized spacial score (nSPS) is 18.4. The van der Waals surface area contributed by atoms with E-state index in [2.05, 4.69) is 206 Å². The molecule has 0 bridgehead atoms. The first kappa shape index (κ1) is 44.0. The van der Waals surface area contributed by atoms with Crippen LogP contribution in [0.2, 0.25) is 0 Å². The number of hydrogen-bond donors (Lipinski definition) is 0. The number of benzene rings is 5. The van der Waals surface area contributed by atoms with Crippen molar-refractivity contribution in [3.8, 4) is 0 Å². The number of nitrogens with zero attached hydrogens (tertiary/aromatic N) is 2. The quantitative estimate of drug-likeness (QED) is 0.164. The first-order chi connectivity index (χ1) is 29.2. The molecule has 0 atom stereocenters. The molecule has 0 radical (unpaired) electrons. The van der Waals surface area contributed by atoms with Gasteiger partial charge in [0, 0.05) is 34.1 Å². The van der Waals surface area contributed by atoms with Crippen molar-refractivity contribution in [2.24, 2.45) is 0 Å².